The van der Waals surface area contributed by atoms with E-state index in [-0.39, 0.29) is 5.56 Å². The third kappa shape index (κ3) is 3.03. The predicted octanol–water partition coefficient (Wildman–Crippen LogP) is 3.21. The highest BCUT2D eigenvalue weighted by atomic mass is 16.3. The van der Waals surface area contributed by atoms with Crippen molar-refractivity contribution in [2.75, 3.05) is 6.54 Å². The molecule has 1 aliphatic heterocycles. The molecule has 0 aliphatic carbocycles. The van der Waals surface area contributed by atoms with Gasteiger partial charge < -0.3 is 9.40 Å². The first-order valence-corrected chi connectivity index (χ1v) is 8.55. The zero-order valence-electron chi connectivity index (χ0n) is 14.5. The van der Waals surface area contributed by atoms with Gasteiger partial charge in [-0.25, -0.2) is 4.98 Å². The molecule has 128 valence electrons. The Morgan fingerprint density at radius 2 is 2.00 bits per heavy atom. The highest BCUT2D eigenvalue weighted by molar-refractivity contribution is 5.47. The topological polar surface area (TPSA) is 62.1 Å². The molecule has 0 amide bonds. The fraction of sp³-hybridized carbons (Fsp3) is 0.300. The van der Waals surface area contributed by atoms with Crippen LogP contribution >= 0.6 is 0 Å². The van der Waals surface area contributed by atoms with Gasteiger partial charge in [-0.05, 0) is 42.7 Å². The van der Waals surface area contributed by atoms with Gasteiger partial charge in [0.2, 0.25) is 0 Å². The molecule has 3 aromatic rings. The highest BCUT2D eigenvalue weighted by Crippen LogP contribution is 2.22. The quantitative estimate of drug-likeness (QED) is 0.798. The number of nitrogens with one attached hydrogen (secondary N) is 1. The summed E-state index contributed by atoms with van der Waals surface area (Å²) in [6.45, 7) is 6.67. The summed E-state index contributed by atoms with van der Waals surface area (Å²) < 4.78 is 5.35. The fourth-order valence-electron chi connectivity index (χ4n) is 3.47. The maximum atomic E-state index is 12.5. The molecule has 0 bridgehead atoms. The van der Waals surface area contributed by atoms with Gasteiger partial charge in [0.25, 0.3) is 5.56 Å². The zero-order chi connectivity index (χ0) is 17.4. The Kier molecular flexibility index (Phi) is 4.01. The lowest BCUT2D eigenvalue weighted by atomic mass is 10.0. The number of hydrogen-bond donors (Lipinski definition) is 1. The molecule has 25 heavy (non-hydrogen) atoms. The SMILES string of the molecule is Cc1cccc(C)c1CN1CCc2nc(-c3ccco3)[nH]c(=O)c2C1. The van der Waals surface area contributed by atoms with Gasteiger partial charge in [-0.1, -0.05) is 18.2 Å². The summed E-state index contributed by atoms with van der Waals surface area (Å²) in [6.07, 6.45) is 2.36. The first-order valence-electron chi connectivity index (χ1n) is 8.55. The van der Waals surface area contributed by atoms with Gasteiger partial charge >= 0.3 is 0 Å². The Labute approximate surface area is 146 Å². The van der Waals surface area contributed by atoms with E-state index in [0.717, 1.165) is 30.8 Å². The van der Waals surface area contributed by atoms with Gasteiger partial charge in [-0.2, -0.15) is 0 Å². The number of fused-ring (bicyclic) bond motifs is 1. The lowest BCUT2D eigenvalue weighted by Gasteiger charge is -2.28. The van der Waals surface area contributed by atoms with Crippen LogP contribution in [0.15, 0.2) is 45.8 Å². The van der Waals surface area contributed by atoms with Crippen molar-refractivity contribution in [2.24, 2.45) is 0 Å². The predicted molar refractivity (Wildman–Crippen MR) is 96.3 cm³/mol. The largest absolute Gasteiger partial charge is 0.461 e. The Hall–Kier alpha value is -2.66. The summed E-state index contributed by atoms with van der Waals surface area (Å²) in [4.78, 5) is 22.3. The molecule has 0 unspecified atom stereocenters. The molecule has 0 atom stereocenters. The molecule has 0 saturated carbocycles. The number of nitrogens with zero attached hydrogens (tertiary/aromatic N) is 2. The van der Waals surface area contributed by atoms with E-state index in [1.807, 2.05) is 0 Å². The first kappa shape index (κ1) is 15.8. The van der Waals surface area contributed by atoms with Crippen molar-refractivity contribution >= 4 is 0 Å². The fourth-order valence-corrected chi connectivity index (χ4v) is 3.47. The average molecular weight is 335 g/mol. The summed E-state index contributed by atoms with van der Waals surface area (Å²) >= 11 is 0. The lowest BCUT2D eigenvalue weighted by Crippen LogP contribution is -2.35. The Bertz CT molecular complexity index is 937. The second-order valence-electron chi connectivity index (χ2n) is 6.65. The van der Waals surface area contributed by atoms with Crippen molar-refractivity contribution in [1.82, 2.24) is 14.9 Å². The smallest absolute Gasteiger partial charge is 0.256 e. The Morgan fingerprint density at radius 3 is 2.72 bits per heavy atom. The van der Waals surface area contributed by atoms with Crippen LogP contribution in [-0.2, 0) is 19.5 Å². The molecule has 0 radical (unpaired) electrons. The van der Waals surface area contributed by atoms with Crippen LogP contribution in [0.3, 0.4) is 0 Å². The van der Waals surface area contributed by atoms with E-state index in [1.165, 1.54) is 16.7 Å². The van der Waals surface area contributed by atoms with Gasteiger partial charge in [-0.15, -0.1) is 0 Å². The summed E-state index contributed by atoms with van der Waals surface area (Å²) in [5.74, 6) is 1.11. The van der Waals surface area contributed by atoms with Gasteiger partial charge in [0.15, 0.2) is 11.6 Å². The van der Waals surface area contributed by atoms with Crippen LogP contribution in [0.25, 0.3) is 11.6 Å². The van der Waals surface area contributed by atoms with Crippen molar-refractivity contribution in [1.29, 1.82) is 0 Å². The van der Waals surface area contributed by atoms with Gasteiger partial charge in [0.05, 0.1) is 17.5 Å². The number of benzene rings is 1. The Morgan fingerprint density at radius 1 is 1.20 bits per heavy atom. The number of H-pyrrole nitrogens is 1. The first-order chi connectivity index (χ1) is 12.1. The lowest BCUT2D eigenvalue weighted by molar-refractivity contribution is 0.241. The van der Waals surface area contributed by atoms with E-state index in [1.54, 1.807) is 18.4 Å². The normalized spacial score (nSPS) is 14.5. The summed E-state index contributed by atoms with van der Waals surface area (Å²) in [5.41, 5.74) is 5.53. The minimum Gasteiger partial charge on any atom is -0.461 e. The van der Waals surface area contributed by atoms with Crippen LogP contribution in [0.5, 0.6) is 0 Å². The van der Waals surface area contributed by atoms with Crippen molar-refractivity contribution in [3.8, 4) is 11.6 Å². The molecule has 4 rings (SSSR count). The molecule has 1 N–H and O–H groups in total. The molecule has 2 aromatic heterocycles. The van der Waals surface area contributed by atoms with E-state index in [2.05, 4.69) is 46.9 Å². The van der Waals surface area contributed by atoms with Crippen LogP contribution in [-0.4, -0.2) is 21.4 Å². The van der Waals surface area contributed by atoms with E-state index in [4.69, 9.17) is 4.42 Å². The number of aromatic amines is 1. The molecule has 1 aromatic carbocycles. The monoisotopic (exact) mass is 335 g/mol. The second-order valence-corrected chi connectivity index (χ2v) is 6.65. The molecule has 5 nitrogen and oxygen atoms in total. The van der Waals surface area contributed by atoms with Gasteiger partial charge in [-0.3, -0.25) is 9.69 Å². The van der Waals surface area contributed by atoms with Gasteiger partial charge in [0, 0.05) is 26.1 Å². The number of rotatable bonds is 3. The number of aromatic nitrogens is 2. The maximum absolute atomic E-state index is 12.5. The van der Waals surface area contributed by atoms with Crippen molar-refractivity contribution in [2.45, 2.75) is 33.4 Å². The van der Waals surface area contributed by atoms with Crippen LogP contribution in [0.1, 0.15) is 27.9 Å². The second kappa shape index (κ2) is 6.33. The number of aryl methyl sites for hydroxylation is 2. The van der Waals surface area contributed by atoms with E-state index >= 15 is 0 Å². The standard InChI is InChI=1S/C20H21N3O2/c1-13-5-3-6-14(2)15(13)11-23-9-8-17-16(12-23)20(24)22-19(21-17)18-7-4-10-25-18/h3-7,10H,8-9,11-12H2,1-2H3,(H,21,22,24). The van der Waals surface area contributed by atoms with E-state index < -0.39 is 0 Å². The number of furan rings is 1. The molecule has 0 fully saturated rings. The highest BCUT2D eigenvalue weighted by Gasteiger charge is 2.22. The molecule has 1 aliphatic rings. The molecule has 0 saturated heterocycles. The third-order valence-corrected chi connectivity index (χ3v) is 4.93. The third-order valence-electron chi connectivity index (χ3n) is 4.93. The maximum Gasteiger partial charge on any atom is 0.256 e. The van der Waals surface area contributed by atoms with Crippen LogP contribution in [0, 0.1) is 13.8 Å². The van der Waals surface area contributed by atoms with Crippen LogP contribution in [0.2, 0.25) is 0 Å². The molecular formula is C20H21N3O2. The van der Waals surface area contributed by atoms with E-state index in [0.29, 0.717) is 18.1 Å². The molecular weight excluding hydrogens is 314 g/mol. The summed E-state index contributed by atoms with van der Waals surface area (Å²) in [5, 5.41) is 0. The van der Waals surface area contributed by atoms with Crippen molar-refractivity contribution in [3.05, 3.63) is 74.9 Å². The summed E-state index contributed by atoms with van der Waals surface area (Å²) in [7, 11) is 0. The average Bonchev–Trinajstić information content (AvgIpc) is 3.13. The van der Waals surface area contributed by atoms with Gasteiger partial charge in [0.1, 0.15) is 0 Å². The van der Waals surface area contributed by atoms with Crippen LogP contribution < -0.4 is 5.56 Å². The summed E-state index contributed by atoms with van der Waals surface area (Å²) in [6, 6.07) is 9.97. The minimum atomic E-state index is -0.0670. The Balaban J connectivity index is 1.61. The molecule has 3 heterocycles. The van der Waals surface area contributed by atoms with Crippen molar-refractivity contribution in [3.63, 3.8) is 0 Å². The number of hydrogen-bond acceptors (Lipinski definition) is 4. The van der Waals surface area contributed by atoms with Crippen molar-refractivity contribution < 1.29 is 4.42 Å². The molecule has 0 spiro atoms. The zero-order valence-corrected chi connectivity index (χ0v) is 14.5. The minimum absolute atomic E-state index is 0.0670. The van der Waals surface area contributed by atoms with E-state index in [9.17, 15) is 4.79 Å². The molecule has 5 heteroatoms. The van der Waals surface area contributed by atoms with Crippen LogP contribution in [0.4, 0.5) is 0 Å².